The van der Waals surface area contributed by atoms with Gasteiger partial charge in [-0.2, -0.15) is 0 Å². The molecule has 2 fully saturated rings. The van der Waals surface area contributed by atoms with Crippen LogP contribution < -0.4 is 5.32 Å². The van der Waals surface area contributed by atoms with Crippen LogP contribution in [0.2, 0.25) is 0 Å². The van der Waals surface area contributed by atoms with Gasteiger partial charge in [-0.25, -0.2) is 12.8 Å². The van der Waals surface area contributed by atoms with Gasteiger partial charge < -0.3 is 10.2 Å². The Bertz CT molecular complexity index is 633. The number of hydrogen-bond donors (Lipinski definition) is 1. The number of fused-ring (bicyclic) bond motifs is 2. The predicted octanol–water partition coefficient (Wildman–Crippen LogP) is 2.27. The quantitative estimate of drug-likeness (QED) is 0.870. The van der Waals surface area contributed by atoms with Crippen molar-refractivity contribution in [3.63, 3.8) is 0 Å². The Morgan fingerprint density at radius 2 is 1.86 bits per heavy atom. The van der Waals surface area contributed by atoms with Gasteiger partial charge in [0.1, 0.15) is 5.82 Å². The van der Waals surface area contributed by atoms with Crippen LogP contribution in [-0.2, 0) is 9.84 Å². The van der Waals surface area contributed by atoms with E-state index in [1.807, 2.05) is 0 Å². The van der Waals surface area contributed by atoms with Gasteiger partial charge in [0, 0.05) is 24.4 Å². The van der Waals surface area contributed by atoms with Gasteiger partial charge in [-0.05, 0) is 50.9 Å². The van der Waals surface area contributed by atoms with Gasteiger partial charge in [0.05, 0.1) is 10.6 Å². The van der Waals surface area contributed by atoms with Crippen molar-refractivity contribution >= 4 is 15.5 Å². The van der Waals surface area contributed by atoms with E-state index in [2.05, 4.69) is 17.3 Å². The molecule has 116 valence electrons. The van der Waals surface area contributed by atoms with E-state index in [0.717, 1.165) is 19.1 Å². The normalized spacial score (nSPS) is 29.6. The minimum atomic E-state index is -3.32. The summed E-state index contributed by atoms with van der Waals surface area (Å²) in [6.45, 7) is 0. The SMILES string of the molecule is CN1C2CCC1CC(Nc1cc(S(C)(=O)=O)ccc1F)C2. The van der Waals surface area contributed by atoms with Gasteiger partial charge >= 0.3 is 0 Å². The Hall–Kier alpha value is -1.14. The van der Waals surface area contributed by atoms with E-state index in [0.29, 0.717) is 17.8 Å². The lowest BCUT2D eigenvalue weighted by Crippen LogP contribution is -2.44. The van der Waals surface area contributed by atoms with Gasteiger partial charge in [0.2, 0.25) is 0 Å². The molecule has 21 heavy (non-hydrogen) atoms. The fraction of sp³-hybridized carbons (Fsp3) is 0.600. The Labute approximate surface area is 125 Å². The number of hydrogen-bond acceptors (Lipinski definition) is 4. The molecule has 1 N–H and O–H groups in total. The van der Waals surface area contributed by atoms with Gasteiger partial charge in [-0.3, -0.25) is 0 Å². The third-order valence-electron chi connectivity index (χ3n) is 4.82. The number of anilines is 1. The van der Waals surface area contributed by atoms with E-state index < -0.39 is 15.7 Å². The zero-order chi connectivity index (χ0) is 15.2. The van der Waals surface area contributed by atoms with E-state index in [-0.39, 0.29) is 10.9 Å². The molecule has 0 radical (unpaired) electrons. The largest absolute Gasteiger partial charge is 0.380 e. The number of rotatable bonds is 3. The van der Waals surface area contributed by atoms with Crippen molar-refractivity contribution < 1.29 is 12.8 Å². The molecule has 0 spiro atoms. The molecule has 0 aromatic heterocycles. The van der Waals surface area contributed by atoms with E-state index >= 15 is 0 Å². The fourth-order valence-corrected chi connectivity index (χ4v) is 4.24. The summed E-state index contributed by atoms with van der Waals surface area (Å²) in [6, 6.07) is 5.27. The molecule has 1 aromatic carbocycles. The van der Waals surface area contributed by atoms with Crippen LogP contribution in [0.1, 0.15) is 25.7 Å². The number of nitrogens with zero attached hydrogens (tertiary/aromatic N) is 1. The van der Waals surface area contributed by atoms with Gasteiger partial charge in [0.25, 0.3) is 0 Å². The summed E-state index contributed by atoms with van der Waals surface area (Å²) in [6.07, 6.45) is 5.50. The van der Waals surface area contributed by atoms with Crippen molar-refractivity contribution in [2.45, 2.75) is 48.7 Å². The summed E-state index contributed by atoms with van der Waals surface area (Å²) in [5.74, 6) is -0.395. The van der Waals surface area contributed by atoms with Crippen LogP contribution in [0.15, 0.2) is 23.1 Å². The maximum absolute atomic E-state index is 13.9. The van der Waals surface area contributed by atoms with Crippen LogP contribution in [-0.4, -0.2) is 44.7 Å². The molecule has 6 heteroatoms. The monoisotopic (exact) mass is 312 g/mol. The third kappa shape index (κ3) is 2.92. The summed E-state index contributed by atoms with van der Waals surface area (Å²) < 4.78 is 37.1. The zero-order valence-electron chi connectivity index (χ0n) is 12.3. The van der Waals surface area contributed by atoms with E-state index in [4.69, 9.17) is 0 Å². The molecule has 2 bridgehead atoms. The number of piperidine rings is 1. The molecule has 0 saturated carbocycles. The summed E-state index contributed by atoms with van der Waals surface area (Å²) in [5, 5.41) is 3.22. The smallest absolute Gasteiger partial charge is 0.175 e. The molecule has 4 nitrogen and oxygen atoms in total. The van der Waals surface area contributed by atoms with Gasteiger partial charge in [-0.15, -0.1) is 0 Å². The first-order valence-corrected chi connectivity index (χ1v) is 9.22. The highest BCUT2D eigenvalue weighted by atomic mass is 32.2. The molecule has 0 aliphatic carbocycles. The fourth-order valence-electron chi connectivity index (χ4n) is 3.59. The highest BCUT2D eigenvalue weighted by molar-refractivity contribution is 7.90. The summed E-state index contributed by atoms with van der Waals surface area (Å²) in [7, 11) is -1.16. The van der Waals surface area contributed by atoms with Crippen LogP contribution in [0.4, 0.5) is 10.1 Å². The lowest BCUT2D eigenvalue weighted by atomic mass is 9.98. The van der Waals surface area contributed by atoms with Crippen molar-refractivity contribution in [1.82, 2.24) is 4.90 Å². The second-order valence-corrected chi connectivity index (χ2v) is 8.29. The van der Waals surface area contributed by atoms with Crippen molar-refractivity contribution in [1.29, 1.82) is 0 Å². The molecule has 2 aliphatic heterocycles. The molecule has 2 aliphatic rings. The second-order valence-electron chi connectivity index (χ2n) is 6.28. The van der Waals surface area contributed by atoms with Crippen molar-refractivity contribution in [2.24, 2.45) is 0 Å². The second kappa shape index (κ2) is 5.25. The highest BCUT2D eigenvalue weighted by Gasteiger charge is 2.38. The average molecular weight is 312 g/mol. The van der Waals surface area contributed by atoms with E-state index in [9.17, 15) is 12.8 Å². The number of halogens is 1. The molecule has 2 heterocycles. The number of nitrogens with one attached hydrogen (secondary N) is 1. The first kappa shape index (κ1) is 14.8. The number of benzene rings is 1. The Morgan fingerprint density at radius 3 is 2.43 bits per heavy atom. The summed E-state index contributed by atoms with van der Waals surface area (Å²) in [5.41, 5.74) is 0.298. The van der Waals surface area contributed by atoms with Crippen LogP contribution in [0, 0.1) is 5.82 Å². The molecule has 2 atom stereocenters. The summed E-state index contributed by atoms with van der Waals surface area (Å²) in [4.78, 5) is 2.57. The van der Waals surface area contributed by atoms with E-state index in [1.165, 1.54) is 31.0 Å². The maximum Gasteiger partial charge on any atom is 0.175 e. The van der Waals surface area contributed by atoms with Crippen LogP contribution in [0.25, 0.3) is 0 Å². The predicted molar refractivity (Wildman–Crippen MR) is 80.7 cm³/mol. The minimum absolute atomic E-state index is 0.155. The van der Waals surface area contributed by atoms with Crippen molar-refractivity contribution in [3.8, 4) is 0 Å². The lowest BCUT2D eigenvalue weighted by molar-refractivity contribution is 0.168. The number of sulfone groups is 1. The molecule has 1 aromatic rings. The zero-order valence-corrected chi connectivity index (χ0v) is 13.2. The van der Waals surface area contributed by atoms with Crippen LogP contribution in [0.3, 0.4) is 0 Å². The minimum Gasteiger partial charge on any atom is -0.380 e. The summed E-state index contributed by atoms with van der Waals surface area (Å²) >= 11 is 0. The standard InChI is InChI=1S/C15H21FN2O2S/c1-18-11-3-4-12(18)8-10(7-11)17-15-9-13(21(2,19)20)5-6-14(15)16/h5-6,9-12,17H,3-4,7-8H2,1-2H3. The first-order valence-electron chi connectivity index (χ1n) is 7.32. The third-order valence-corrected chi connectivity index (χ3v) is 5.93. The maximum atomic E-state index is 13.9. The van der Waals surface area contributed by atoms with Gasteiger partial charge in [0.15, 0.2) is 9.84 Å². The van der Waals surface area contributed by atoms with Crippen molar-refractivity contribution in [2.75, 3.05) is 18.6 Å². The Balaban J connectivity index is 1.79. The van der Waals surface area contributed by atoms with E-state index in [1.54, 1.807) is 0 Å². The Morgan fingerprint density at radius 1 is 1.24 bits per heavy atom. The molecular weight excluding hydrogens is 291 g/mol. The van der Waals surface area contributed by atoms with Crippen LogP contribution >= 0.6 is 0 Å². The average Bonchev–Trinajstić information content (AvgIpc) is 2.62. The molecular formula is C15H21FN2O2S. The van der Waals surface area contributed by atoms with Crippen molar-refractivity contribution in [3.05, 3.63) is 24.0 Å². The Kier molecular flexibility index (Phi) is 3.69. The highest BCUT2D eigenvalue weighted by Crippen LogP contribution is 2.35. The van der Waals surface area contributed by atoms with Crippen LogP contribution in [0.5, 0.6) is 0 Å². The lowest BCUT2D eigenvalue weighted by Gasteiger charge is -2.37. The molecule has 0 amide bonds. The van der Waals surface area contributed by atoms with Gasteiger partial charge in [-0.1, -0.05) is 0 Å². The topological polar surface area (TPSA) is 49.4 Å². The molecule has 2 unspecified atom stereocenters. The first-order chi connectivity index (χ1) is 9.84. The molecule has 2 saturated heterocycles. The molecule has 3 rings (SSSR count).